The van der Waals surface area contributed by atoms with E-state index in [2.05, 4.69) is 12.3 Å². The maximum Gasteiger partial charge on any atom is 0.0891 e. The molecule has 1 aliphatic rings. The quantitative estimate of drug-likeness (QED) is 0.512. The normalized spacial score (nSPS) is 23.4. The number of hydrazine groups is 1. The minimum Gasteiger partial charge on any atom is -0.381 e. The Labute approximate surface area is 86.1 Å². The van der Waals surface area contributed by atoms with E-state index < -0.39 is 0 Å². The zero-order valence-electron chi connectivity index (χ0n) is 9.21. The first kappa shape index (κ1) is 11.9. The van der Waals surface area contributed by atoms with E-state index in [1.54, 1.807) is 0 Å². The lowest BCUT2D eigenvalue weighted by atomic mass is 9.85. The van der Waals surface area contributed by atoms with Crippen molar-refractivity contribution in [3.8, 4) is 0 Å². The number of rotatable bonds is 5. The summed E-state index contributed by atoms with van der Waals surface area (Å²) in [5, 5.41) is 0. The molecule has 0 aromatic rings. The van der Waals surface area contributed by atoms with Crippen molar-refractivity contribution >= 4 is 0 Å². The van der Waals surface area contributed by atoms with Crippen LogP contribution in [0.1, 0.15) is 33.1 Å². The summed E-state index contributed by atoms with van der Waals surface area (Å²) in [5.41, 5.74) is 2.75. The molecule has 1 rings (SSSR count). The van der Waals surface area contributed by atoms with Gasteiger partial charge < -0.3 is 9.47 Å². The molecule has 1 saturated heterocycles. The first-order chi connectivity index (χ1) is 6.79. The van der Waals surface area contributed by atoms with E-state index in [0.29, 0.717) is 0 Å². The maximum absolute atomic E-state index is 5.89. The van der Waals surface area contributed by atoms with Crippen LogP contribution in [-0.2, 0) is 9.47 Å². The smallest absolute Gasteiger partial charge is 0.0891 e. The van der Waals surface area contributed by atoms with Gasteiger partial charge in [0.2, 0.25) is 0 Å². The van der Waals surface area contributed by atoms with Gasteiger partial charge in [-0.3, -0.25) is 11.3 Å². The molecule has 0 spiro atoms. The van der Waals surface area contributed by atoms with Crippen molar-refractivity contribution in [2.45, 2.75) is 44.8 Å². The Kier molecular flexibility index (Phi) is 4.81. The predicted molar refractivity (Wildman–Crippen MR) is 55.8 cm³/mol. The van der Waals surface area contributed by atoms with Gasteiger partial charge in [0.1, 0.15) is 0 Å². The Hall–Kier alpha value is -0.160. The number of hydrogen-bond donors (Lipinski definition) is 2. The fourth-order valence-corrected chi connectivity index (χ4v) is 2.24. The van der Waals surface area contributed by atoms with Gasteiger partial charge in [-0.25, -0.2) is 0 Å². The van der Waals surface area contributed by atoms with Crippen LogP contribution in [0.25, 0.3) is 0 Å². The van der Waals surface area contributed by atoms with Gasteiger partial charge in [0.15, 0.2) is 0 Å². The first-order valence-electron chi connectivity index (χ1n) is 5.47. The Morgan fingerprint density at radius 2 is 2.07 bits per heavy atom. The molecule has 84 valence electrons. The maximum atomic E-state index is 5.89. The summed E-state index contributed by atoms with van der Waals surface area (Å²) >= 11 is 0. The topological polar surface area (TPSA) is 56.5 Å². The van der Waals surface area contributed by atoms with Gasteiger partial charge in [-0.15, -0.1) is 0 Å². The fraction of sp³-hybridized carbons (Fsp3) is 1.00. The molecule has 14 heavy (non-hydrogen) atoms. The van der Waals surface area contributed by atoms with Crippen molar-refractivity contribution in [1.82, 2.24) is 5.43 Å². The summed E-state index contributed by atoms with van der Waals surface area (Å²) in [6.07, 6.45) is 2.85. The molecule has 1 heterocycles. The highest BCUT2D eigenvalue weighted by Gasteiger charge is 2.39. The van der Waals surface area contributed by atoms with Gasteiger partial charge in [0.05, 0.1) is 5.60 Å². The van der Waals surface area contributed by atoms with E-state index in [1.807, 2.05) is 6.92 Å². The Morgan fingerprint density at radius 3 is 2.50 bits per heavy atom. The van der Waals surface area contributed by atoms with Crippen molar-refractivity contribution in [3.05, 3.63) is 0 Å². The van der Waals surface area contributed by atoms with E-state index in [9.17, 15) is 0 Å². The molecular formula is C10H22N2O2. The number of nitrogens with two attached hydrogens (primary N) is 1. The average molecular weight is 202 g/mol. The number of hydrogen-bond acceptors (Lipinski definition) is 4. The molecule has 1 aliphatic heterocycles. The van der Waals surface area contributed by atoms with Crippen molar-refractivity contribution in [2.24, 2.45) is 5.84 Å². The van der Waals surface area contributed by atoms with Crippen LogP contribution in [0.2, 0.25) is 0 Å². The second kappa shape index (κ2) is 5.66. The predicted octanol–water partition coefficient (Wildman–Crippen LogP) is 0.814. The van der Waals surface area contributed by atoms with E-state index in [1.165, 1.54) is 0 Å². The van der Waals surface area contributed by atoms with Crippen LogP contribution in [0.5, 0.6) is 0 Å². The van der Waals surface area contributed by atoms with Gasteiger partial charge in [-0.2, -0.15) is 0 Å². The molecule has 0 amide bonds. The summed E-state index contributed by atoms with van der Waals surface area (Å²) < 4.78 is 11.3. The molecule has 1 fully saturated rings. The molecule has 0 radical (unpaired) electrons. The van der Waals surface area contributed by atoms with Gasteiger partial charge in [-0.1, -0.05) is 6.92 Å². The summed E-state index contributed by atoms with van der Waals surface area (Å²) in [6, 6.07) is 0.228. The lowest BCUT2D eigenvalue weighted by molar-refractivity contribution is -0.127. The van der Waals surface area contributed by atoms with Crippen molar-refractivity contribution < 1.29 is 9.47 Å². The van der Waals surface area contributed by atoms with Gasteiger partial charge in [-0.05, 0) is 13.3 Å². The molecule has 3 N–H and O–H groups in total. The van der Waals surface area contributed by atoms with Crippen molar-refractivity contribution in [3.63, 3.8) is 0 Å². The molecule has 0 aromatic heterocycles. The van der Waals surface area contributed by atoms with Crippen LogP contribution < -0.4 is 11.3 Å². The molecule has 4 heteroatoms. The second-order valence-corrected chi connectivity index (χ2v) is 3.74. The lowest BCUT2D eigenvalue weighted by Crippen LogP contribution is -2.57. The van der Waals surface area contributed by atoms with Crippen molar-refractivity contribution in [2.75, 3.05) is 19.8 Å². The largest absolute Gasteiger partial charge is 0.381 e. The Balaban J connectivity index is 2.67. The van der Waals surface area contributed by atoms with Crippen LogP contribution in [0.3, 0.4) is 0 Å². The van der Waals surface area contributed by atoms with Crippen LogP contribution in [0.4, 0.5) is 0 Å². The molecule has 0 aromatic carbocycles. The molecule has 0 bridgehead atoms. The molecular weight excluding hydrogens is 180 g/mol. The third-order valence-corrected chi connectivity index (χ3v) is 3.02. The van der Waals surface area contributed by atoms with E-state index in [-0.39, 0.29) is 11.6 Å². The van der Waals surface area contributed by atoms with Crippen LogP contribution in [0.15, 0.2) is 0 Å². The molecule has 1 unspecified atom stereocenters. The van der Waals surface area contributed by atoms with E-state index >= 15 is 0 Å². The third kappa shape index (κ3) is 2.45. The van der Waals surface area contributed by atoms with E-state index in [4.69, 9.17) is 15.3 Å². The second-order valence-electron chi connectivity index (χ2n) is 3.74. The van der Waals surface area contributed by atoms with Gasteiger partial charge >= 0.3 is 0 Å². The van der Waals surface area contributed by atoms with Crippen LogP contribution in [0, 0.1) is 0 Å². The summed E-state index contributed by atoms with van der Waals surface area (Å²) in [5.74, 6) is 5.56. The monoisotopic (exact) mass is 202 g/mol. The minimum absolute atomic E-state index is 0.115. The first-order valence-corrected chi connectivity index (χ1v) is 5.47. The van der Waals surface area contributed by atoms with Gasteiger partial charge in [0, 0.05) is 38.7 Å². The summed E-state index contributed by atoms with van der Waals surface area (Å²) in [6.45, 7) is 6.44. The van der Waals surface area contributed by atoms with Crippen molar-refractivity contribution in [1.29, 1.82) is 0 Å². The lowest BCUT2D eigenvalue weighted by Gasteiger charge is -2.42. The average Bonchev–Trinajstić information content (AvgIpc) is 2.21. The number of nitrogens with one attached hydrogen (secondary N) is 1. The molecule has 4 nitrogen and oxygen atoms in total. The fourth-order valence-electron chi connectivity index (χ4n) is 2.24. The Morgan fingerprint density at radius 1 is 1.43 bits per heavy atom. The third-order valence-electron chi connectivity index (χ3n) is 3.02. The molecule has 1 atom stereocenters. The highest BCUT2D eigenvalue weighted by molar-refractivity contribution is 4.93. The molecule has 0 saturated carbocycles. The molecule has 0 aliphatic carbocycles. The van der Waals surface area contributed by atoms with Gasteiger partial charge in [0.25, 0.3) is 0 Å². The summed E-state index contributed by atoms with van der Waals surface area (Å²) in [4.78, 5) is 0. The summed E-state index contributed by atoms with van der Waals surface area (Å²) in [7, 11) is 0. The Bertz CT molecular complexity index is 149. The van der Waals surface area contributed by atoms with Crippen LogP contribution in [-0.4, -0.2) is 31.5 Å². The SMILES string of the molecule is CCOC1(C(CC)NN)CCOCC1. The van der Waals surface area contributed by atoms with Crippen LogP contribution >= 0.6 is 0 Å². The highest BCUT2D eigenvalue weighted by atomic mass is 16.5. The zero-order valence-corrected chi connectivity index (χ0v) is 9.21. The highest BCUT2D eigenvalue weighted by Crippen LogP contribution is 2.30. The van der Waals surface area contributed by atoms with E-state index in [0.717, 1.165) is 39.1 Å². The zero-order chi connectivity index (χ0) is 10.4. The minimum atomic E-state index is -0.115. The number of ether oxygens (including phenoxy) is 2. The standard InChI is InChI=1S/C10H22N2O2/c1-3-9(12-11)10(14-4-2)5-7-13-8-6-10/h9,12H,3-8,11H2,1-2H3.